The summed E-state index contributed by atoms with van der Waals surface area (Å²) in [6, 6.07) is 2.02. The summed E-state index contributed by atoms with van der Waals surface area (Å²) in [6.07, 6.45) is 7.50. The average molecular weight is 197 g/mol. The summed E-state index contributed by atoms with van der Waals surface area (Å²) in [5.74, 6) is 0. The van der Waals surface area contributed by atoms with Crippen LogP contribution in [0.2, 0.25) is 0 Å². The Morgan fingerprint density at radius 2 is 2.40 bits per heavy atom. The van der Waals surface area contributed by atoms with E-state index < -0.39 is 0 Å². The van der Waals surface area contributed by atoms with Gasteiger partial charge in [-0.25, -0.2) is 0 Å². The molecular weight excluding hydrogens is 192 g/mol. The molecule has 3 heteroatoms. The van der Waals surface area contributed by atoms with Crippen LogP contribution < -0.4 is 0 Å². The maximum Gasteiger partial charge on any atom is 0.0645 e. The summed E-state index contributed by atoms with van der Waals surface area (Å²) in [5.41, 5.74) is 1.11. The lowest BCUT2D eigenvalue weighted by Crippen LogP contribution is -1.79. The van der Waals surface area contributed by atoms with Gasteiger partial charge in [0.15, 0.2) is 0 Å². The number of halogens is 1. The van der Waals surface area contributed by atoms with E-state index in [1.807, 2.05) is 29.1 Å². The highest BCUT2D eigenvalue weighted by Gasteiger charge is 1.92. The molecule has 0 aliphatic heterocycles. The fourth-order valence-corrected chi connectivity index (χ4v) is 1.38. The smallest absolute Gasteiger partial charge is 0.0645 e. The summed E-state index contributed by atoms with van der Waals surface area (Å²) in [6.45, 7) is 0. The molecule has 2 heterocycles. The highest BCUT2D eigenvalue weighted by atomic mass is 79.9. The highest BCUT2D eigenvalue weighted by molar-refractivity contribution is 9.10. The van der Waals surface area contributed by atoms with Crippen LogP contribution in [0.25, 0.3) is 5.52 Å². The average Bonchev–Trinajstić information content (AvgIpc) is 2.27. The predicted octanol–water partition coefficient (Wildman–Crippen LogP) is 2.10. The van der Waals surface area contributed by atoms with Gasteiger partial charge in [0.1, 0.15) is 0 Å². The van der Waals surface area contributed by atoms with E-state index in [4.69, 9.17) is 0 Å². The predicted molar refractivity (Wildman–Crippen MR) is 42.9 cm³/mol. The molecule has 0 aliphatic rings. The van der Waals surface area contributed by atoms with Crippen LogP contribution in [0.3, 0.4) is 0 Å². The molecule has 0 spiro atoms. The van der Waals surface area contributed by atoms with E-state index in [1.165, 1.54) is 0 Å². The minimum absolute atomic E-state index is 1.08. The van der Waals surface area contributed by atoms with E-state index >= 15 is 0 Å². The van der Waals surface area contributed by atoms with Crippen molar-refractivity contribution in [2.75, 3.05) is 0 Å². The minimum Gasteiger partial charge on any atom is -0.320 e. The number of nitrogens with zero attached hydrogens (tertiary/aromatic N) is 2. The zero-order valence-corrected chi connectivity index (χ0v) is 6.75. The molecule has 2 aromatic rings. The third-order valence-corrected chi connectivity index (χ3v) is 1.80. The topological polar surface area (TPSA) is 17.3 Å². The molecule has 50 valence electrons. The first-order chi connectivity index (χ1) is 4.86. The van der Waals surface area contributed by atoms with Crippen molar-refractivity contribution in [3.63, 3.8) is 0 Å². The van der Waals surface area contributed by atoms with E-state index in [0.29, 0.717) is 0 Å². The monoisotopic (exact) mass is 196 g/mol. The van der Waals surface area contributed by atoms with E-state index in [-0.39, 0.29) is 0 Å². The summed E-state index contributed by atoms with van der Waals surface area (Å²) >= 11 is 3.38. The Hall–Kier alpha value is -0.830. The van der Waals surface area contributed by atoms with E-state index in [9.17, 15) is 0 Å². The molecule has 2 rings (SSSR count). The van der Waals surface area contributed by atoms with Gasteiger partial charge >= 0.3 is 0 Å². The lowest BCUT2D eigenvalue weighted by Gasteiger charge is -1.87. The molecule has 0 saturated carbocycles. The second-order valence-corrected chi connectivity index (χ2v) is 2.98. The number of fused-ring (bicyclic) bond motifs is 1. The minimum atomic E-state index is 1.08. The van der Waals surface area contributed by atoms with Crippen molar-refractivity contribution in [3.05, 3.63) is 35.3 Å². The van der Waals surface area contributed by atoms with E-state index in [0.717, 1.165) is 9.99 Å². The summed E-state index contributed by atoms with van der Waals surface area (Å²) < 4.78 is 3.09. The molecule has 0 saturated heterocycles. The molecule has 0 unspecified atom stereocenters. The van der Waals surface area contributed by atoms with Crippen LogP contribution in [-0.2, 0) is 0 Å². The molecule has 2 nitrogen and oxygen atoms in total. The van der Waals surface area contributed by atoms with Crippen LogP contribution in [0.1, 0.15) is 0 Å². The van der Waals surface area contributed by atoms with Crippen LogP contribution in [0.5, 0.6) is 0 Å². The van der Waals surface area contributed by atoms with Gasteiger partial charge in [-0.3, -0.25) is 4.98 Å². The van der Waals surface area contributed by atoms with Gasteiger partial charge in [0.05, 0.1) is 11.7 Å². The second-order valence-electron chi connectivity index (χ2n) is 2.07. The van der Waals surface area contributed by atoms with Gasteiger partial charge in [-0.2, -0.15) is 0 Å². The SMILES string of the molecule is Brc1cc2cnccn2c1. The molecule has 0 fully saturated rings. The standard InChI is InChI=1S/C7H5BrN2/c8-6-3-7-4-9-1-2-10(7)5-6/h1-5H. The van der Waals surface area contributed by atoms with Crippen molar-refractivity contribution in [1.29, 1.82) is 0 Å². The summed E-state index contributed by atoms with van der Waals surface area (Å²) in [5, 5.41) is 0. The fraction of sp³-hybridized carbons (Fsp3) is 0. The molecule has 0 aromatic carbocycles. The molecule has 0 N–H and O–H groups in total. The zero-order valence-electron chi connectivity index (χ0n) is 5.16. The number of hydrogen-bond acceptors (Lipinski definition) is 1. The molecule has 10 heavy (non-hydrogen) atoms. The Morgan fingerprint density at radius 3 is 3.20 bits per heavy atom. The van der Waals surface area contributed by atoms with Crippen molar-refractivity contribution in [2.24, 2.45) is 0 Å². The molecule has 0 atom stereocenters. The van der Waals surface area contributed by atoms with Crippen molar-refractivity contribution in [1.82, 2.24) is 9.38 Å². The van der Waals surface area contributed by atoms with Gasteiger partial charge < -0.3 is 4.40 Å². The van der Waals surface area contributed by atoms with Crippen molar-refractivity contribution >= 4 is 21.4 Å². The Balaban J connectivity index is 2.88. The highest BCUT2D eigenvalue weighted by Crippen LogP contribution is 2.13. The van der Waals surface area contributed by atoms with Crippen LogP contribution in [0.4, 0.5) is 0 Å². The number of hydrogen-bond donors (Lipinski definition) is 0. The van der Waals surface area contributed by atoms with E-state index in [2.05, 4.69) is 20.9 Å². The Morgan fingerprint density at radius 1 is 1.50 bits per heavy atom. The third-order valence-electron chi connectivity index (χ3n) is 1.37. The van der Waals surface area contributed by atoms with Crippen LogP contribution in [-0.4, -0.2) is 9.38 Å². The summed E-state index contributed by atoms with van der Waals surface area (Å²) in [4.78, 5) is 3.98. The maximum atomic E-state index is 3.98. The second kappa shape index (κ2) is 2.09. The molecule has 0 bridgehead atoms. The van der Waals surface area contributed by atoms with Gasteiger partial charge in [-0.1, -0.05) is 0 Å². The Kier molecular flexibility index (Phi) is 1.24. The molecular formula is C7H5BrN2. The molecule has 0 amide bonds. The van der Waals surface area contributed by atoms with Crippen LogP contribution >= 0.6 is 15.9 Å². The quantitative estimate of drug-likeness (QED) is 0.632. The van der Waals surface area contributed by atoms with Crippen LogP contribution in [0, 0.1) is 0 Å². The van der Waals surface area contributed by atoms with Crippen LogP contribution in [0.15, 0.2) is 35.3 Å². The van der Waals surface area contributed by atoms with Gasteiger partial charge in [0, 0.05) is 23.1 Å². The van der Waals surface area contributed by atoms with Gasteiger partial charge in [0.25, 0.3) is 0 Å². The lowest BCUT2D eigenvalue weighted by molar-refractivity contribution is 1.14. The molecule has 0 aliphatic carbocycles. The normalized spacial score (nSPS) is 10.5. The van der Waals surface area contributed by atoms with Crippen molar-refractivity contribution in [3.8, 4) is 0 Å². The largest absolute Gasteiger partial charge is 0.320 e. The van der Waals surface area contributed by atoms with Gasteiger partial charge in [-0.05, 0) is 22.0 Å². The zero-order chi connectivity index (χ0) is 6.97. The number of aromatic nitrogens is 2. The van der Waals surface area contributed by atoms with Crippen molar-refractivity contribution < 1.29 is 0 Å². The third kappa shape index (κ3) is 0.827. The van der Waals surface area contributed by atoms with Crippen molar-refractivity contribution in [2.45, 2.75) is 0 Å². The van der Waals surface area contributed by atoms with Gasteiger partial charge in [-0.15, -0.1) is 0 Å². The van der Waals surface area contributed by atoms with Gasteiger partial charge in [0.2, 0.25) is 0 Å². The Labute approximate surface area is 66.6 Å². The maximum absolute atomic E-state index is 3.98. The summed E-state index contributed by atoms with van der Waals surface area (Å²) in [7, 11) is 0. The Bertz CT molecular complexity index is 320. The number of rotatable bonds is 0. The molecule has 0 radical (unpaired) electrons. The fourth-order valence-electron chi connectivity index (χ4n) is 0.923. The first kappa shape index (κ1) is 5.92. The first-order valence-corrected chi connectivity index (χ1v) is 3.73. The molecule has 2 aromatic heterocycles. The first-order valence-electron chi connectivity index (χ1n) is 2.93. The lowest BCUT2D eigenvalue weighted by atomic mass is 10.5. The van der Waals surface area contributed by atoms with E-state index in [1.54, 1.807) is 6.20 Å².